The Bertz CT molecular complexity index is 852. The Morgan fingerprint density at radius 3 is 2.18 bits per heavy atom. The van der Waals surface area contributed by atoms with Crippen molar-refractivity contribution in [2.24, 2.45) is 0 Å². The number of hydrogen-bond donors (Lipinski definition) is 1. The Labute approximate surface area is 196 Å². The van der Waals surface area contributed by atoms with Crippen molar-refractivity contribution in [1.82, 2.24) is 5.32 Å². The molecule has 1 aliphatic carbocycles. The smallest absolute Gasteiger partial charge is 0.407 e. The first-order chi connectivity index (χ1) is 16.2. The maximum absolute atomic E-state index is 12.1. The highest BCUT2D eigenvalue weighted by molar-refractivity contribution is 5.79. The maximum Gasteiger partial charge on any atom is 0.407 e. The lowest BCUT2D eigenvalue weighted by atomic mass is 9.98. The van der Waals surface area contributed by atoms with E-state index in [0.717, 1.165) is 12.8 Å². The van der Waals surface area contributed by atoms with Crippen LogP contribution in [0.5, 0.6) is 0 Å². The van der Waals surface area contributed by atoms with Crippen LogP contribution >= 0.6 is 0 Å². The average molecular weight is 454 g/mol. The van der Waals surface area contributed by atoms with Crippen LogP contribution in [0, 0.1) is 0 Å². The van der Waals surface area contributed by atoms with E-state index in [1.54, 1.807) is 0 Å². The van der Waals surface area contributed by atoms with Gasteiger partial charge < -0.3 is 19.5 Å². The van der Waals surface area contributed by atoms with Gasteiger partial charge in [-0.1, -0.05) is 81.1 Å². The number of esters is 1. The zero-order chi connectivity index (χ0) is 23.3. The number of rotatable bonds is 14. The molecular formula is C27H35NO5. The van der Waals surface area contributed by atoms with E-state index in [1.165, 1.54) is 41.5 Å². The van der Waals surface area contributed by atoms with Crippen molar-refractivity contribution in [1.29, 1.82) is 0 Å². The van der Waals surface area contributed by atoms with E-state index in [1.807, 2.05) is 24.3 Å². The Hall–Kier alpha value is -2.86. The largest absolute Gasteiger partial charge is 0.463 e. The van der Waals surface area contributed by atoms with Gasteiger partial charge in [-0.05, 0) is 28.7 Å². The summed E-state index contributed by atoms with van der Waals surface area (Å²) in [5.74, 6) is -0.132. The highest BCUT2D eigenvalue weighted by atomic mass is 16.6. The van der Waals surface area contributed by atoms with E-state index in [-0.39, 0.29) is 25.1 Å². The number of carbonyl (C=O) groups is 2. The fraction of sp³-hybridized carbons (Fsp3) is 0.481. The third-order valence-electron chi connectivity index (χ3n) is 5.83. The van der Waals surface area contributed by atoms with Crippen LogP contribution < -0.4 is 5.32 Å². The van der Waals surface area contributed by atoms with E-state index in [4.69, 9.17) is 14.2 Å². The molecule has 0 aromatic heterocycles. The summed E-state index contributed by atoms with van der Waals surface area (Å²) >= 11 is 0. The first-order valence-electron chi connectivity index (χ1n) is 12.0. The summed E-state index contributed by atoms with van der Waals surface area (Å²) < 4.78 is 16.1. The minimum atomic E-state index is -0.463. The predicted molar refractivity (Wildman–Crippen MR) is 128 cm³/mol. The molecule has 1 aliphatic rings. The van der Waals surface area contributed by atoms with Crippen molar-refractivity contribution in [2.75, 3.05) is 33.0 Å². The molecule has 0 bridgehead atoms. The maximum atomic E-state index is 12.1. The number of benzene rings is 2. The van der Waals surface area contributed by atoms with Crippen LogP contribution in [0.25, 0.3) is 11.1 Å². The zero-order valence-electron chi connectivity index (χ0n) is 19.5. The number of hydrogen-bond acceptors (Lipinski definition) is 5. The van der Waals surface area contributed by atoms with Gasteiger partial charge in [-0.15, -0.1) is 0 Å². The van der Waals surface area contributed by atoms with E-state index < -0.39 is 6.09 Å². The van der Waals surface area contributed by atoms with Gasteiger partial charge in [0.15, 0.2) is 0 Å². The van der Waals surface area contributed by atoms with Gasteiger partial charge in [0.05, 0.1) is 13.2 Å². The van der Waals surface area contributed by atoms with Gasteiger partial charge in [0.1, 0.15) is 13.2 Å². The Morgan fingerprint density at radius 1 is 0.818 bits per heavy atom. The van der Waals surface area contributed by atoms with Crippen molar-refractivity contribution in [3.63, 3.8) is 0 Å². The van der Waals surface area contributed by atoms with Gasteiger partial charge in [0.25, 0.3) is 0 Å². The van der Waals surface area contributed by atoms with Crippen LogP contribution in [0.1, 0.15) is 62.5 Å². The summed E-state index contributed by atoms with van der Waals surface area (Å²) in [5, 5.41) is 2.70. The summed E-state index contributed by atoms with van der Waals surface area (Å²) in [6.07, 6.45) is 5.53. The van der Waals surface area contributed by atoms with Crippen LogP contribution in [0.4, 0.5) is 4.79 Å². The Morgan fingerprint density at radius 2 is 1.48 bits per heavy atom. The van der Waals surface area contributed by atoms with Gasteiger partial charge in [-0.2, -0.15) is 0 Å². The van der Waals surface area contributed by atoms with Crippen molar-refractivity contribution in [2.45, 2.75) is 51.4 Å². The van der Waals surface area contributed by atoms with Crippen LogP contribution in [0.15, 0.2) is 48.5 Å². The van der Waals surface area contributed by atoms with Crippen molar-refractivity contribution < 1.29 is 23.8 Å². The number of alkyl carbamates (subject to hydrolysis) is 1. The molecule has 0 unspecified atom stereocenters. The summed E-state index contributed by atoms with van der Waals surface area (Å²) in [7, 11) is 0. The van der Waals surface area contributed by atoms with Crippen LogP contribution in [-0.2, 0) is 19.0 Å². The van der Waals surface area contributed by atoms with E-state index >= 15 is 0 Å². The number of amides is 1. The molecule has 0 saturated heterocycles. The lowest BCUT2D eigenvalue weighted by molar-refractivity contribution is -0.145. The van der Waals surface area contributed by atoms with Crippen LogP contribution in [0.2, 0.25) is 0 Å². The predicted octanol–water partition coefficient (Wildman–Crippen LogP) is 5.45. The summed E-state index contributed by atoms with van der Waals surface area (Å²) in [6, 6.07) is 16.5. The molecule has 0 saturated carbocycles. The molecule has 2 aromatic rings. The quantitative estimate of drug-likeness (QED) is 0.304. The number of unbranched alkanes of at least 4 members (excludes halogenated alkanes) is 4. The highest BCUT2D eigenvalue weighted by Crippen LogP contribution is 2.44. The van der Waals surface area contributed by atoms with Crippen LogP contribution in [0.3, 0.4) is 0 Å². The second-order valence-corrected chi connectivity index (χ2v) is 8.25. The molecular weight excluding hydrogens is 418 g/mol. The molecule has 0 fully saturated rings. The molecule has 178 valence electrons. The van der Waals surface area contributed by atoms with Crippen molar-refractivity contribution in [3.05, 3.63) is 59.7 Å². The average Bonchev–Trinajstić information content (AvgIpc) is 3.15. The molecule has 0 radical (unpaired) electrons. The molecule has 0 heterocycles. The zero-order valence-corrected chi connectivity index (χ0v) is 19.5. The molecule has 33 heavy (non-hydrogen) atoms. The second-order valence-electron chi connectivity index (χ2n) is 8.25. The minimum absolute atomic E-state index is 0.0423. The third kappa shape index (κ3) is 7.60. The van der Waals surface area contributed by atoms with Gasteiger partial charge in [0.2, 0.25) is 0 Å². The fourth-order valence-electron chi connectivity index (χ4n) is 4.14. The summed E-state index contributed by atoms with van der Waals surface area (Å²) in [4.78, 5) is 23.7. The SMILES string of the molecule is CCCCCCCC(=O)OCCOCCNC(=O)OCC1c2ccccc2-c2ccccc21. The standard InChI is InChI=1S/C27H35NO5/c1-2-3-4-5-6-15-26(29)32-19-18-31-17-16-28-27(30)33-20-25-23-13-9-7-11-21(23)22-12-8-10-14-24(22)25/h7-14,25H,2-6,15-20H2,1H3,(H,28,30). The van der Waals surface area contributed by atoms with Crippen molar-refractivity contribution >= 4 is 12.1 Å². The molecule has 3 rings (SSSR count). The molecule has 6 nitrogen and oxygen atoms in total. The molecule has 6 heteroatoms. The van der Waals surface area contributed by atoms with E-state index in [2.05, 4.69) is 36.5 Å². The third-order valence-corrected chi connectivity index (χ3v) is 5.83. The van der Waals surface area contributed by atoms with Crippen molar-refractivity contribution in [3.8, 4) is 11.1 Å². The van der Waals surface area contributed by atoms with Gasteiger partial charge in [-0.3, -0.25) is 4.79 Å². The summed E-state index contributed by atoms with van der Waals surface area (Å²) in [5.41, 5.74) is 4.77. The Kier molecular flexibility index (Phi) is 10.2. The van der Waals surface area contributed by atoms with Crippen LogP contribution in [-0.4, -0.2) is 45.0 Å². The minimum Gasteiger partial charge on any atom is -0.463 e. The first kappa shape index (κ1) is 24.8. The lowest BCUT2D eigenvalue weighted by Crippen LogP contribution is -2.29. The van der Waals surface area contributed by atoms with E-state index in [9.17, 15) is 9.59 Å². The Balaban J connectivity index is 1.25. The first-order valence-corrected chi connectivity index (χ1v) is 12.0. The van der Waals surface area contributed by atoms with Gasteiger partial charge >= 0.3 is 12.1 Å². The summed E-state index contributed by atoms with van der Waals surface area (Å²) in [6.45, 7) is 3.67. The molecule has 1 N–H and O–H groups in total. The molecule has 2 aromatic carbocycles. The molecule has 0 aliphatic heterocycles. The van der Waals surface area contributed by atoms with E-state index in [0.29, 0.717) is 26.2 Å². The molecule has 0 spiro atoms. The molecule has 1 amide bonds. The highest BCUT2D eigenvalue weighted by Gasteiger charge is 2.28. The molecule has 0 atom stereocenters. The topological polar surface area (TPSA) is 73.9 Å². The number of fused-ring (bicyclic) bond motifs is 3. The second kappa shape index (κ2) is 13.6. The van der Waals surface area contributed by atoms with Gasteiger partial charge in [-0.25, -0.2) is 4.79 Å². The monoisotopic (exact) mass is 453 g/mol. The number of carbonyl (C=O) groups excluding carboxylic acids is 2. The lowest BCUT2D eigenvalue weighted by Gasteiger charge is -2.14. The number of ether oxygens (including phenoxy) is 3. The van der Waals surface area contributed by atoms with Gasteiger partial charge in [0, 0.05) is 18.9 Å². The normalized spacial score (nSPS) is 12.2. The number of nitrogens with one attached hydrogen (secondary N) is 1. The fourth-order valence-corrected chi connectivity index (χ4v) is 4.14.